The van der Waals surface area contributed by atoms with Gasteiger partial charge in [0.05, 0.1) is 12.1 Å². The fourth-order valence-electron chi connectivity index (χ4n) is 1.60. The summed E-state index contributed by atoms with van der Waals surface area (Å²) in [4.78, 5) is 24.3. The van der Waals surface area contributed by atoms with Crippen LogP contribution in [0.15, 0.2) is 41.3 Å². The van der Waals surface area contributed by atoms with Gasteiger partial charge in [-0.15, -0.1) is 0 Å². The van der Waals surface area contributed by atoms with E-state index < -0.39 is 0 Å². The van der Waals surface area contributed by atoms with Crippen molar-refractivity contribution >= 4 is 24.0 Å². The summed E-state index contributed by atoms with van der Waals surface area (Å²) in [6.07, 6.45) is 3.12. The zero-order valence-electron chi connectivity index (χ0n) is 8.93. The van der Waals surface area contributed by atoms with Gasteiger partial charge in [0.2, 0.25) is 0 Å². The average Bonchev–Trinajstić information content (AvgIpc) is 2.67. The van der Waals surface area contributed by atoms with Gasteiger partial charge in [-0.25, -0.2) is 0 Å². The molecule has 2 amide bonds. The van der Waals surface area contributed by atoms with Gasteiger partial charge in [-0.3, -0.25) is 14.5 Å². The second-order valence-corrected chi connectivity index (χ2v) is 4.26. The highest BCUT2D eigenvalue weighted by Gasteiger charge is 2.22. The molecule has 1 aromatic rings. The Hall–Kier alpha value is -1.62. The van der Waals surface area contributed by atoms with Crippen LogP contribution in [-0.4, -0.2) is 23.3 Å². The van der Waals surface area contributed by atoms with E-state index in [1.807, 2.05) is 0 Å². The first-order valence-electron chi connectivity index (χ1n) is 5.12. The standard InChI is InChI=1S/C12H10FNO2S/c13-17-10-3-1-9(2-4-10)7-8-14-11(15)5-6-12(14)16/h1-6H,7-8H2. The van der Waals surface area contributed by atoms with E-state index >= 15 is 0 Å². The highest BCUT2D eigenvalue weighted by atomic mass is 32.2. The number of halogens is 1. The largest absolute Gasteiger partial charge is 0.275 e. The first kappa shape index (κ1) is 11.9. The molecule has 0 aliphatic carbocycles. The topological polar surface area (TPSA) is 37.4 Å². The molecule has 1 aliphatic heterocycles. The lowest BCUT2D eigenvalue weighted by molar-refractivity contribution is -0.136. The van der Waals surface area contributed by atoms with Crippen molar-refractivity contribution in [2.24, 2.45) is 0 Å². The van der Waals surface area contributed by atoms with Crippen molar-refractivity contribution in [1.29, 1.82) is 0 Å². The molecule has 0 unspecified atom stereocenters. The van der Waals surface area contributed by atoms with E-state index in [-0.39, 0.29) is 24.0 Å². The summed E-state index contributed by atoms with van der Waals surface area (Å²) in [6, 6.07) is 6.93. The number of hydrogen-bond donors (Lipinski definition) is 0. The molecule has 2 rings (SSSR count). The number of carbonyl (C=O) groups excluding carboxylic acids is 2. The van der Waals surface area contributed by atoms with Gasteiger partial charge in [-0.2, -0.15) is 3.89 Å². The highest BCUT2D eigenvalue weighted by Crippen LogP contribution is 2.19. The van der Waals surface area contributed by atoms with E-state index in [1.54, 1.807) is 24.3 Å². The summed E-state index contributed by atoms with van der Waals surface area (Å²) in [7, 11) is 0. The number of hydrogen-bond acceptors (Lipinski definition) is 3. The van der Waals surface area contributed by atoms with Crippen molar-refractivity contribution in [3.8, 4) is 0 Å². The Morgan fingerprint density at radius 2 is 1.65 bits per heavy atom. The Morgan fingerprint density at radius 1 is 1.06 bits per heavy atom. The number of imide groups is 1. The van der Waals surface area contributed by atoms with Crippen LogP contribution in [0.25, 0.3) is 0 Å². The zero-order valence-corrected chi connectivity index (χ0v) is 9.74. The Bertz CT molecular complexity index is 452. The third kappa shape index (κ3) is 2.74. The van der Waals surface area contributed by atoms with Crippen LogP contribution >= 0.6 is 12.1 Å². The number of nitrogens with zero attached hydrogens (tertiary/aromatic N) is 1. The molecule has 1 heterocycles. The van der Waals surface area contributed by atoms with Crippen molar-refractivity contribution in [2.75, 3.05) is 6.54 Å². The summed E-state index contributed by atoms with van der Waals surface area (Å²) in [6.45, 7) is 0.354. The van der Waals surface area contributed by atoms with Crippen LogP contribution in [0.3, 0.4) is 0 Å². The van der Waals surface area contributed by atoms with Crippen LogP contribution in [-0.2, 0) is 16.0 Å². The molecule has 3 nitrogen and oxygen atoms in total. The summed E-state index contributed by atoms with van der Waals surface area (Å²) < 4.78 is 12.2. The first-order chi connectivity index (χ1) is 8.20. The fourth-order valence-corrected chi connectivity index (χ4v) is 1.84. The molecule has 0 spiro atoms. The average molecular weight is 251 g/mol. The molecule has 0 saturated carbocycles. The monoisotopic (exact) mass is 251 g/mol. The maximum absolute atomic E-state index is 12.2. The summed E-state index contributed by atoms with van der Waals surface area (Å²) in [5.74, 6) is -0.545. The predicted octanol–water partition coefficient (Wildman–Crippen LogP) is 2.13. The van der Waals surface area contributed by atoms with Crippen LogP contribution < -0.4 is 0 Å². The van der Waals surface area contributed by atoms with E-state index in [4.69, 9.17) is 0 Å². The SMILES string of the molecule is O=C1C=CC(=O)N1CCc1ccc(SF)cc1. The molecular weight excluding hydrogens is 241 g/mol. The van der Waals surface area contributed by atoms with E-state index in [2.05, 4.69) is 0 Å². The Kier molecular flexibility index (Phi) is 3.58. The maximum atomic E-state index is 12.2. The van der Waals surface area contributed by atoms with Gasteiger partial charge < -0.3 is 0 Å². The Labute approximate surface area is 103 Å². The van der Waals surface area contributed by atoms with Crippen LogP contribution in [0, 0.1) is 0 Å². The fraction of sp³-hybridized carbons (Fsp3) is 0.167. The predicted molar refractivity (Wildman–Crippen MR) is 63.0 cm³/mol. The van der Waals surface area contributed by atoms with Crippen LogP contribution in [0.4, 0.5) is 3.89 Å². The van der Waals surface area contributed by atoms with Gasteiger partial charge in [0.1, 0.15) is 0 Å². The quantitative estimate of drug-likeness (QED) is 0.769. The van der Waals surface area contributed by atoms with Gasteiger partial charge in [-0.1, -0.05) is 12.1 Å². The zero-order chi connectivity index (χ0) is 12.3. The molecule has 17 heavy (non-hydrogen) atoms. The molecule has 0 atom stereocenters. The van der Waals surface area contributed by atoms with Gasteiger partial charge in [-0.05, 0) is 24.1 Å². The van der Waals surface area contributed by atoms with Crippen molar-refractivity contribution in [3.05, 3.63) is 42.0 Å². The van der Waals surface area contributed by atoms with Crippen molar-refractivity contribution in [2.45, 2.75) is 11.3 Å². The van der Waals surface area contributed by atoms with Crippen molar-refractivity contribution < 1.29 is 13.5 Å². The molecule has 88 valence electrons. The second kappa shape index (κ2) is 5.14. The van der Waals surface area contributed by atoms with Crippen LogP contribution in [0.5, 0.6) is 0 Å². The van der Waals surface area contributed by atoms with Gasteiger partial charge in [0.25, 0.3) is 11.8 Å². The molecule has 0 radical (unpaired) electrons. The minimum Gasteiger partial charge on any atom is -0.275 e. The number of benzene rings is 1. The summed E-state index contributed by atoms with van der Waals surface area (Å²) >= 11 is 0.193. The first-order valence-corrected chi connectivity index (χ1v) is 5.83. The summed E-state index contributed by atoms with van der Waals surface area (Å²) in [5, 5.41) is 0. The molecule has 1 aliphatic rings. The minimum atomic E-state index is -0.272. The molecular formula is C12H10FNO2S. The lowest BCUT2D eigenvalue weighted by Crippen LogP contribution is -2.31. The molecule has 0 fully saturated rings. The summed E-state index contributed by atoms with van der Waals surface area (Å²) in [5.41, 5.74) is 0.968. The van der Waals surface area contributed by atoms with E-state index in [9.17, 15) is 13.5 Å². The number of amides is 2. The molecule has 5 heteroatoms. The normalized spacial score (nSPS) is 14.8. The van der Waals surface area contributed by atoms with Crippen LogP contribution in [0.2, 0.25) is 0 Å². The minimum absolute atomic E-state index is 0.193. The molecule has 0 N–H and O–H groups in total. The van der Waals surface area contributed by atoms with E-state index in [1.165, 1.54) is 17.1 Å². The number of carbonyl (C=O) groups is 2. The molecule has 1 aromatic carbocycles. The highest BCUT2D eigenvalue weighted by molar-refractivity contribution is 7.94. The van der Waals surface area contributed by atoms with Gasteiger partial charge in [0.15, 0.2) is 0 Å². The third-order valence-electron chi connectivity index (χ3n) is 2.54. The maximum Gasteiger partial charge on any atom is 0.253 e. The Balaban J connectivity index is 1.93. The van der Waals surface area contributed by atoms with Gasteiger partial charge in [0, 0.05) is 23.6 Å². The third-order valence-corrected chi connectivity index (χ3v) is 2.99. The van der Waals surface area contributed by atoms with Crippen molar-refractivity contribution in [3.63, 3.8) is 0 Å². The molecule has 0 bridgehead atoms. The lowest BCUT2D eigenvalue weighted by atomic mass is 10.1. The number of rotatable bonds is 4. The molecule has 0 aromatic heterocycles. The second-order valence-electron chi connectivity index (χ2n) is 3.63. The Morgan fingerprint density at radius 3 is 2.18 bits per heavy atom. The lowest BCUT2D eigenvalue weighted by Gasteiger charge is -2.13. The van der Waals surface area contributed by atoms with E-state index in [0.29, 0.717) is 17.9 Å². The smallest absolute Gasteiger partial charge is 0.253 e. The molecule has 0 saturated heterocycles. The van der Waals surface area contributed by atoms with Crippen molar-refractivity contribution in [1.82, 2.24) is 4.90 Å². The van der Waals surface area contributed by atoms with E-state index in [0.717, 1.165) is 5.56 Å². The van der Waals surface area contributed by atoms with Crippen LogP contribution in [0.1, 0.15) is 5.56 Å². The van der Waals surface area contributed by atoms with Gasteiger partial charge >= 0.3 is 0 Å².